The van der Waals surface area contributed by atoms with Crippen molar-refractivity contribution in [1.82, 2.24) is 4.57 Å². The average molecular weight is 271 g/mol. The fourth-order valence-electron chi connectivity index (χ4n) is 2.64. The normalized spacial score (nSPS) is 11.1. The molecule has 2 N–H and O–H groups in total. The van der Waals surface area contributed by atoms with E-state index in [4.69, 9.17) is 17.3 Å². The molecular weight excluding hydrogens is 256 g/mol. The van der Waals surface area contributed by atoms with E-state index in [1.165, 1.54) is 11.1 Å². The molecule has 0 aliphatic carbocycles. The van der Waals surface area contributed by atoms with Gasteiger partial charge in [0, 0.05) is 40.8 Å². The van der Waals surface area contributed by atoms with Crippen LogP contribution in [0.1, 0.15) is 5.69 Å². The van der Waals surface area contributed by atoms with Gasteiger partial charge in [-0.25, -0.2) is 0 Å². The van der Waals surface area contributed by atoms with Crippen molar-refractivity contribution >= 4 is 22.5 Å². The summed E-state index contributed by atoms with van der Waals surface area (Å²) in [6.07, 6.45) is 0. The molecule has 1 aromatic heterocycles. The first-order valence-corrected chi connectivity index (χ1v) is 6.62. The number of aryl methyl sites for hydroxylation is 1. The molecule has 2 aromatic carbocycles. The molecule has 0 aliphatic heterocycles. The van der Waals surface area contributed by atoms with Gasteiger partial charge < -0.3 is 10.3 Å². The quantitative estimate of drug-likeness (QED) is 0.751. The van der Waals surface area contributed by atoms with Crippen LogP contribution >= 0.6 is 11.6 Å². The Balaban J connectivity index is 2.42. The number of benzene rings is 2. The molecule has 96 valence electrons. The fourth-order valence-corrected chi connectivity index (χ4v) is 2.81. The van der Waals surface area contributed by atoms with Crippen LogP contribution < -0.4 is 5.73 Å². The lowest BCUT2D eigenvalue weighted by Gasteiger charge is -2.05. The van der Waals surface area contributed by atoms with Crippen LogP contribution in [0.3, 0.4) is 0 Å². The van der Waals surface area contributed by atoms with Gasteiger partial charge in [-0.1, -0.05) is 41.9 Å². The molecule has 0 radical (unpaired) electrons. The Morgan fingerprint density at radius 3 is 2.53 bits per heavy atom. The molecular formula is C16H15ClN2. The maximum atomic E-state index is 6.14. The largest absolute Gasteiger partial charge is 0.346 e. The van der Waals surface area contributed by atoms with Gasteiger partial charge in [-0.15, -0.1) is 0 Å². The third-order valence-electron chi connectivity index (χ3n) is 3.54. The number of aromatic nitrogens is 1. The van der Waals surface area contributed by atoms with Crippen molar-refractivity contribution in [2.45, 2.75) is 6.54 Å². The van der Waals surface area contributed by atoms with E-state index in [2.05, 4.69) is 16.7 Å². The highest BCUT2D eigenvalue weighted by Crippen LogP contribution is 2.35. The third-order valence-corrected chi connectivity index (χ3v) is 3.77. The number of fused-ring (bicyclic) bond motifs is 1. The number of halogens is 1. The van der Waals surface area contributed by atoms with E-state index in [0.29, 0.717) is 6.54 Å². The summed E-state index contributed by atoms with van der Waals surface area (Å²) in [6.45, 7) is 0.507. The third kappa shape index (κ3) is 1.93. The smallest absolute Gasteiger partial charge is 0.0487 e. The Hall–Kier alpha value is -1.77. The molecule has 0 bridgehead atoms. The van der Waals surface area contributed by atoms with Crippen LogP contribution in [0.2, 0.25) is 5.02 Å². The minimum Gasteiger partial charge on any atom is -0.346 e. The number of rotatable bonds is 2. The average Bonchev–Trinajstić information content (AvgIpc) is 2.71. The molecule has 0 saturated heterocycles. The monoisotopic (exact) mass is 270 g/mol. The maximum Gasteiger partial charge on any atom is 0.0487 e. The molecule has 2 nitrogen and oxygen atoms in total. The Labute approximate surface area is 117 Å². The molecule has 19 heavy (non-hydrogen) atoms. The first kappa shape index (κ1) is 12.3. The Morgan fingerprint density at radius 2 is 1.84 bits per heavy atom. The summed E-state index contributed by atoms with van der Waals surface area (Å²) in [5, 5.41) is 1.90. The van der Waals surface area contributed by atoms with Crippen molar-refractivity contribution in [2.75, 3.05) is 0 Å². The SMILES string of the molecule is Cn1c(CN)c(-c2ccccc2)c2cc(Cl)ccc21. The summed E-state index contributed by atoms with van der Waals surface area (Å²) >= 11 is 6.14. The molecule has 0 amide bonds. The molecule has 3 rings (SSSR count). The van der Waals surface area contributed by atoms with Crippen LogP contribution in [-0.2, 0) is 13.6 Å². The summed E-state index contributed by atoms with van der Waals surface area (Å²) in [6, 6.07) is 16.3. The highest BCUT2D eigenvalue weighted by atomic mass is 35.5. The summed E-state index contributed by atoms with van der Waals surface area (Å²) < 4.78 is 2.15. The fraction of sp³-hybridized carbons (Fsp3) is 0.125. The van der Waals surface area contributed by atoms with Gasteiger partial charge >= 0.3 is 0 Å². The summed E-state index contributed by atoms with van der Waals surface area (Å²) in [5.74, 6) is 0. The van der Waals surface area contributed by atoms with Gasteiger partial charge in [-0.05, 0) is 23.8 Å². The molecule has 0 fully saturated rings. The molecule has 3 aromatic rings. The van der Waals surface area contributed by atoms with E-state index in [1.54, 1.807) is 0 Å². The summed E-state index contributed by atoms with van der Waals surface area (Å²) in [5.41, 5.74) is 10.6. The zero-order valence-electron chi connectivity index (χ0n) is 10.7. The molecule has 0 saturated carbocycles. The molecule has 0 spiro atoms. The van der Waals surface area contributed by atoms with E-state index < -0.39 is 0 Å². The van der Waals surface area contributed by atoms with Crippen LogP contribution in [0.5, 0.6) is 0 Å². The second-order valence-corrected chi connectivity index (χ2v) is 5.05. The number of nitrogens with two attached hydrogens (primary N) is 1. The van der Waals surface area contributed by atoms with Crippen LogP contribution in [0.4, 0.5) is 0 Å². The Morgan fingerprint density at radius 1 is 1.11 bits per heavy atom. The van der Waals surface area contributed by atoms with Gasteiger partial charge in [-0.3, -0.25) is 0 Å². The van der Waals surface area contributed by atoms with Gasteiger partial charge in [0.2, 0.25) is 0 Å². The Kier molecular flexibility index (Phi) is 3.05. The topological polar surface area (TPSA) is 30.9 Å². The first-order valence-electron chi connectivity index (χ1n) is 6.24. The number of hydrogen-bond acceptors (Lipinski definition) is 1. The van der Waals surface area contributed by atoms with E-state index in [9.17, 15) is 0 Å². The minimum atomic E-state index is 0.507. The molecule has 3 heteroatoms. The number of hydrogen-bond donors (Lipinski definition) is 1. The Bertz CT molecular complexity index is 729. The van der Waals surface area contributed by atoms with Crippen LogP contribution in [0.15, 0.2) is 48.5 Å². The van der Waals surface area contributed by atoms with Crippen molar-refractivity contribution in [3.8, 4) is 11.1 Å². The van der Waals surface area contributed by atoms with Crippen molar-refractivity contribution in [3.05, 3.63) is 59.2 Å². The molecule has 0 atom stereocenters. The second kappa shape index (κ2) is 4.72. The van der Waals surface area contributed by atoms with Crippen molar-refractivity contribution in [2.24, 2.45) is 12.8 Å². The first-order chi connectivity index (χ1) is 9.22. The van der Waals surface area contributed by atoms with Crippen molar-refractivity contribution in [3.63, 3.8) is 0 Å². The highest BCUT2D eigenvalue weighted by Gasteiger charge is 2.15. The van der Waals surface area contributed by atoms with Gasteiger partial charge in [-0.2, -0.15) is 0 Å². The van der Waals surface area contributed by atoms with E-state index in [-0.39, 0.29) is 0 Å². The van der Waals surface area contributed by atoms with E-state index in [1.807, 2.05) is 43.4 Å². The van der Waals surface area contributed by atoms with Gasteiger partial charge in [0.1, 0.15) is 0 Å². The van der Waals surface area contributed by atoms with Crippen LogP contribution in [-0.4, -0.2) is 4.57 Å². The van der Waals surface area contributed by atoms with Crippen molar-refractivity contribution < 1.29 is 0 Å². The van der Waals surface area contributed by atoms with Crippen LogP contribution in [0.25, 0.3) is 22.0 Å². The molecule has 1 heterocycles. The van der Waals surface area contributed by atoms with Crippen LogP contribution in [0, 0.1) is 0 Å². The van der Waals surface area contributed by atoms with E-state index in [0.717, 1.165) is 21.6 Å². The lowest BCUT2D eigenvalue weighted by molar-refractivity contribution is 0.851. The predicted molar refractivity (Wildman–Crippen MR) is 81.3 cm³/mol. The van der Waals surface area contributed by atoms with E-state index >= 15 is 0 Å². The number of nitrogens with zero attached hydrogens (tertiary/aromatic N) is 1. The zero-order chi connectivity index (χ0) is 13.4. The van der Waals surface area contributed by atoms with Crippen molar-refractivity contribution in [1.29, 1.82) is 0 Å². The summed E-state index contributed by atoms with van der Waals surface area (Å²) in [7, 11) is 2.05. The lowest BCUT2D eigenvalue weighted by Crippen LogP contribution is -2.04. The lowest BCUT2D eigenvalue weighted by atomic mass is 10.0. The predicted octanol–water partition coefficient (Wildman–Crippen LogP) is 3.96. The highest BCUT2D eigenvalue weighted by molar-refractivity contribution is 6.31. The van der Waals surface area contributed by atoms with Gasteiger partial charge in [0.05, 0.1) is 0 Å². The molecule has 0 unspecified atom stereocenters. The van der Waals surface area contributed by atoms with Gasteiger partial charge in [0.15, 0.2) is 0 Å². The minimum absolute atomic E-state index is 0.507. The van der Waals surface area contributed by atoms with Gasteiger partial charge in [0.25, 0.3) is 0 Å². The summed E-state index contributed by atoms with van der Waals surface area (Å²) in [4.78, 5) is 0. The zero-order valence-corrected chi connectivity index (χ0v) is 11.5. The molecule has 0 aliphatic rings. The maximum absolute atomic E-state index is 6.14. The standard InChI is InChI=1S/C16H15ClN2/c1-19-14-8-7-12(17)9-13(14)16(15(19)10-18)11-5-3-2-4-6-11/h2-9H,10,18H2,1H3. The second-order valence-electron chi connectivity index (χ2n) is 4.61.